The van der Waals surface area contributed by atoms with Crippen molar-refractivity contribution in [3.05, 3.63) is 52.0 Å². The van der Waals surface area contributed by atoms with E-state index in [4.69, 9.17) is 9.47 Å². The van der Waals surface area contributed by atoms with Crippen LogP contribution < -0.4 is 10.6 Å². The van der Waals surface area contributed by atoms with Crippen LogP contribution in [-0.2, 0) is 35.1 Å². The number of hydrogen-bond donors (Lipinski definition) is 2. The summed E-state index contributed by atoms with van der Waals surface area (Å²) in [5.41, 5.74) is 1.17. The van der Waals surface area contributed by atoms with E-state index in [1.54, 1.807) is 43.2 Å². The molecule has 3 amide bonds. The van der Waals surface area contributed by atoms with Crippen molar-refractivity contribution in [1.29, 1.82) is 0 Å². The van der Waals surface area contributed by atoms with E-state index in [1.165, 1.54) is 25.4 Å². The van der Waals surface area contributed by atoms with Gasteiger partial charge in [-0.1, -0.05) is 51.1 Å². The predicted octanol–water partition coefficient (Wildman–Crippen LogP) is 3.62. The molecule has 3 rings (SSSR count). The number of aromatic nitrogens is 1. The van der Waals surface area contributed by atoms with E-state index in [2.05, 4.69) is 15.6 Å². The van der Waals surface area contributed by atoms with Crippen LogP contribution in [0, 0.1) is 17.8 Å². The standard InChI is InChI=1S/C35H51N5O7S/c1-21(2)28(40(7)34(44)31(25-14-15-25)38-30(42)19-39(5)6)18-29(47-23(4)41)33-37-27(20-48-33)32(43)36-26(16-22(3)35(45)46-8)17-24-12-10-9-11-13-24/h9-13,20-22,25-26,28-29,31H,14-19H2,1-8H3,(H,36,43)(H,38,42)/t22-,26+,28+,29+,31-/m0/s1. The third kappa shape index (κ3) is 11.7. The Kier molecular flexibility index (Phi) is 14.5. The Labute approximate surface area is 287 Å². The molecule has 1 aromatic heterocycles. The fourth-order valence-corrected chi connectivity index (χ4v) is 6.65. The van der Waals surface area contributed by atoms with E-state index in [1.807, 2.05) is 44.2 Å². The molecule has 0 saturated heterocycles. The molecule has 0 unspecified atom stereocenters. The van der Waals surface area contributed by atoms with Crippen LogP contribution in [0.5, 0.6) is 0 Å². The van der Waals surface area contributed by atoms with E-state index in [9.17, 15) is 24.0 Å². The molecule has 2 aromatic rings. The van der Waals surface area contributed by atoms with Gasteiger partial charge in [-0.15, -0.1) is 11.3 Å². The minimum Gasteiger partial charge on any atom is -0.469 e. The van der Waals surface area contributed by atoms with Gasteiger partial charge in [0.1, 0.15) is 16.7 Å². The Hall–Kier alpha value is -3.84. The number of amides is 3. The molecule has 2 N–H and O–H groups in total. The van der Waals surface area contributed by atoms with E-state index < -0.39 is 29.9 Å². The monoisotopic (exact) mass is 685 g/mol. The number of carbonyl (C=O) groups excluding carboxylic acids is 5. The average Bonchev–Trinajstić information content (AvgIpc) is 3.75. The molecule has 48 heavy (non-hydrogen) atoms. The highest BCUT2D eigenvalue weighted by Crippen LogP contribution is 2.35. The largest absolute Gasteiger partial charge is 0.469 e. The fourth-order valence-electron chi connectivity index (χ4n) is 5.81. The molecule has 1 fully saturated rings. The highest BCUT2D eigenvalue weighted by molar-refractivity contribution is 7.09. The van der Waals surface area contributed by atoms with Gasteiger partial charge in [0.15, 0.2) is 6.10 Å². The molecule has 13 heteroatoms. The number of nitrogens with one attached hydrogen (secondary N) is 2. The van der Waals surface area contributed by atoms with Crippen LogP contribution in [0.3, 0.4) is 0 Å². The zero-order chi connectivity index (χ0) is 35.5. The van der Waals surface area contributed by atoms with Gasteiger partial charge in [0.25, 0.3) is 5.91 Å². The fraction of sp³-hybridized carbons (Fsp3) is 0.600. The Morgan fingerprint density at radius 1 is 1.00 bits per heavy atom. The maximum Gasteiger partial charge on any atom is 0.308 e. The van der Waals surface area contributed by atoms with Crippen molar-refractivity contribution in [3.8, 4) is 0 Å². The van der Waals surface area contributed by atoms with Crippen LogP contribution in [0.2, 0.25) is 0 Å². The maximum absolute atomic E-state index is 13.8. The number of nitrogens with zero attached hydrogens (tertiary/aromatic N) is 3. The Morgan fingerprint density at radius 2 is 1.67 bits per heavy atom. The lowest BCUT2D eigenvalue weighted by Gasteiger charge is -2.35. The molecule has 5 atom stereocenters. The van der Waals surface area contributed by atoms with Gasteiger partial charge in [-0.3, -0.25) is 24.0 Å². The smallest absolute Gasteiger partial charge is 0.308 e. The molecule has 1 heterocycles. The maximum atomic E-state index is 13.8. The Bertz CT molecular complexity index is 1390. The third-order valence-corrected chi connectivity index (χ3v) is 9.38. The molecule has 0 radical (unpaired) electrons. The Balaban J connectivity index is 1.79. The van der Waals surface area contributed by atoms with E-state index >= 15 is 0 Å². The second kappa shape index (κ2) is 18.1. The van der Waals surface area contributed by atoms with Gasteiger partial charge in [0, 0.05) is 37.9 Å². The van der Waals surface area contributed by atoms with Gasteiger partial charge in [-0.05, 0) is 57.2 Å². The summed E-state index contributed by atoms with van der Waals surface area (Å²) < 4.78 is 10.6. The molecule has 1 aromatic carbocycles. The van der Waals surface area contributed by atoms with Crippen LogP contribution in [0.1, 0.15) is 80.5 Å². The summed E-state index contributed by atoms with van der Waals surface area (Å²) in [4.78, 5) is 72.3. The first-order chi connectivity index (χ1) is 22.7. The number of carbonyl (C=O) groups is 5. The highest BCUT2D eigenvalue weighted by Gasteiger charge is 2.41. The minimum atomic E-state index is -0.807. The summed E-state index contributed by atoms with van der Waals surface area (Å²) in [7, 11) is 6.65. The van der Waals surface area contributed by atoms with Crippen molar-refractivity contribution in [1.82, 2.24) is 25.4 Å². The number of ether oxygens (including phenoxy) is 2. The summed E-state index contributed by atoms with van der Waals surface area (Å²) >= 11 is 1.20. The van der Waals surface area contributed by atoms with Gasteiger partial charge >= 0.3 is 11.9 Å². The van der Waals surface area contributed by atoms with Crippen LogP contribution in [0.25, 0.3) is 0 Å². The number of hydrogen-bond acceptors (Lipinski definition) is 10. The topological polar surface area (TPSA) is 147 Å². The van der Waals surface area contributed by atoms with Crippen molar-refractivity contribution in [2.75, 3.05) is 34.8 Å². The number of thiazole rings is 1. The third-order valence-electron chi connectivity index (χ3n) is 8.45. The normalized spacial score (nSPS) is 16.0. The van der Waals surface area contributed by atoms with Crippen molar-refractivity contribution in [2.24, 2.45) is 17.8 Å². The number of methoxy groups -OCH3 is 1. The van der Waals surface area contributed by atoms with Crippen molar-refractivity contribution in [3.63, 3.8) is 0 Å². The van der Waals surface area contributed by atoms with Gasteiger partial charge in [-0.25, -0.2) is 4.98 Å². The van der Waals surface area contributed by atoms with Gasteiger partial charge < -0.3 is 29.9 Å². The molecule has 0 bridgehead atoms. The number of likely N-dealkylation sites (N-methyl/N-ethyl adjacent to an activating group) is 2. The van der Waals surface area contributed by atoms with E-state index in [0.717, 1.165) is 18.4 Å². The van der Waals surface area contributed by atoms with Gasteiger partial charge in [0.05, 0.1) is 19.6 Å². The lowest BCUT2D eigenvalue weighted by Crippen LogP contribution is -2.54. The second-order valence-corrected chi connectivity index (χ2v) is 14.2. The van der Waals surface area contributed by atoms with Crippen molar-refractivity contribution < 1.29 is 33.4 Å². The molecule has 1 aliphatic carbocycles. The summed E-state index contributed by atoms with van der Waals surface area (Å²) in [5, 5.41) is 8.02. The van der Waals surface area contributed by atoms with Crippen LogP contribution in [0.4, 0.5) is 0 Å². The summed E-state index contributed by atoms with van der Waals surface area (Å²) in [6.45, 7) is 7.23. The second-order valence-electron chi connectivity index (χ2n) is 13.3. The first kappa shape index (κ1) is 38.6. The zero-order valence-electron chi connectivity index (χ0n) is 29.4. The van der Waals surface area contributed by atoms with E-state index in [0.29, 0.717) is 17.8 Å². The molecule has 1 saturated carbocycles. The molecule has 0 aliphatic heterocycles. The molecule has 12 nitrogen and oxygen atoms in total. The van der Waals surface area contributed by atoms with Crippen LogP contribution in [0.15, 0.2) is 35.7 Å². The van der Waals surface area contributed by atoms with Crippen molar-refractivity contribution in [2.45, 2.75) is 84.0 Å². The lowest BCUT2D eigenvalue weighted by molar-refractivity contribution is -0.149. The molecule has 264 valence electrons. The Morgan fingerprint density at radius 3 is 2.23 bits per heavy atom. The first-order valence-electron chi connectivity index (χ1n) is 16.5. The molecule has 1 aliphatic rings. The van der Waals surface area contributed by atoms with Crippen LogP contribution in [-0.4, -0.2) is 97.4 Å². The highest BCUT2D eigenvalue weighted by atomic mass is 32.1. The summed E-state index contributed by atoms with van der Waals surface area (Å²) in [6, 6.07) is 8.32. The predicted molar refractivity (Wildman–Crippen MR) is 183 cm³/mol. The SMILES string of the molecule is COC(=O)[C@@H](C)C[C@H](Cc1ccccc1)NC(=O)c1csc([C@@H](C[C@H](C(C)C)N(C)C(=O)[C@@H](NC(=O)CN(C)C)C2CC2)OC(C)=O)n1. The lowest BCUT2D eigenvalue weighted by atomic mass is 9.95. The van der Waals surface area contributed by atoms with Gasteiger partial charge in [0.2, 0.25) is 11.8 Å². The molecular weight excluding hydrogens is 634 g/mol. The molecular formula is C35H51N5O7S. The zero-order valence-corrected chi connectivity index (χ0v) is 30.2. The first-order valence-corrected chi connectivity index (χ1v) is 17.3. The average molecular weight is 686 g/mol. The number of benzene rings is 1. The van der Waals surface area contributed by atoms with Crippen LogP contribution >= 0.6 is 11.3 Å². The quantitative estimate of drug-likeness (QED) is 0.225. The van der Waals surface area contributed by atoms with Gasteiger partial charge in [-0.2, -0.15) is 0 Å². The van der Waals surface area contributed by atoms with E-state index in [-0.39, 0.29) is 60.4 Å². The van der Waals surface area contributed by atoms with Crippen molar-refractivity contribution >= 4 is 41.0 Å². The summed E-state index contributed by atoms with van der Waals surface area (Å²) in [6.07, 6.45) is 2.06. The number of esters is 2. The molecule has 0 spiro atoms. The number of rotatable bonds is 18. The minimum absolute atomic E-state index is 0.0207. The summed E-state index contributed by atoms with van der Waals surface area (Å²) in [5.74, 6) is -2.04.